The maximum atomic E-state index is 14.6. The number of hydrogen-bond donors (Lipinski definition) is 5. The second-order valence-electron chi connectivity index (χ2n) is 15.5. The summed E-state index contributed by atoms with van der Waals surface area (Å²) in [6, 6.07) is 0. The Balaban J connectivity index is 1.65. The summed E-state index contributed by atoms with van der Waals surface area (Å²) in [5, 5.41) is 54.0. The molecule has 0 radical (unpaired) electrons. The van der Waals surface area contributed by atoms with Crippen molar-refractivity contribution in [2.24, 2.45) is 28.8 Å². The summed E-state index contributed by atoms with van der Waals surface area (Å²) in [5.41, 5.74) is -1.73. The zero-order valence-electron chi connectivity index (χ0n) is 33.4. The third kappa shape index (κ3) is 7.96. The van der Waals surface area contributed by atoms with Gasteiger partial charge in [0.25, 0.3) is 11.7 Å². The fraction of sp³-hybridized carbons (Fsp3) is 0.537. The number of ether oxygens (including phenoxy) is 3. The number of likely N-dealkylation sites (N-methyl/N-ethyl adjacent to an activating group) is 1. The molecule has 4 aliphatic heterocycles. The van der Waals surface area contributed by atoms with Crippen molar-refractivity contribution >= 4 is 29.5 Å². The number of benzene rings is 1. The van der Waals surface area contributed by atoms with E-state index in [9.17, 15) is 39.6 Å². The number of ketones is 3. The summed E-state index contributed by atoms with van der Waals surface area (Å²) in [6.45, 7) is 13.5. The molecule has 1 amide bonds. The van der Waals surface area contributed by atoms with Crippen LogP contribution in [0.15, 0.2) is 52.5 Å². The van der Waals surface area contributed by atoms with Crippen molar-refractivity contribution in [3.63, 3.8) is 0 Å². The molecule has 1 aliphatic carbocycles. The third-order valence-electron chi connectivity index (χ3n) is 11.6. The number of hydrogen-bond acceptors (Lipinski definition) is 14. The van der Waals surface area contributed by atoms with Gasteiger partial charge in [0.15, 0.2) is 5.78 Å². The Morgan fingerprint density at radius 1 is 0.893 bits per heavy atom. The molecule has 9 atom stereocenters. The minimum Gasteiger partial charge on any atom is -0.507 e. The fourth-order valence-electron chi connectivity index (χ4n) is 7.50. The van der Waals surface area contributed by atoms with Gasteiger partial charge < -0.3 is 44.9 Å². The molecule has 1 fully saturated rings. The number of Topliss-reactive ketones (excluding diaryl/α,β-unsaturated/α-hetero) is 3. The van der Waals surface area contributed by atoms with E-state index in [2.05, 4.69) is 15.3 Å². The van der Waals surface area contributed by atoms with Crippen molar-refractivity contribution in [1.82, 2.24) is 15.2 Å². The van der Waals surface area contributed by atoms with Gasteiger partial charge in [0.2, 0.25) is 5.78 Å². The van der Waals surface area contributed by atoms with E-state index in [-0.39, 0.29) is 28.0 Å². The largest absolute Gasteiger partial charge is 0.507 e. The molecule has 6 rings (SSSR count). The van der Waals surface area contributed by atoms with Crippen LogP contribution in [0.1, 0.15) is 78.2 Å². The number of fused-ring (bicyclic) bond motifs is 14. The lowest BCUT2D eigenvalue weighted by Gasteiger charge is -2.36. The first-order chi connectivity index (χ1) is 26.3. The van der Waals surface area contributed by atoms with Crippen LogP contribution in [0.4, 0.5) is 0 Å². The standard InChI is InChI=1S/C41H54N4O11/c1-20-11-10-12-21(2)40(53)43-31-26(19-42-45-16-14-44(8)15-17-45)36(50)28-29(37(31)51)35(49)25(6)38-30(28)39(52)41(7,56-38)55-18-13-27(54-9)22(3)33(47)24(5)34(48)23(4)32(20)46/h10-13,18-20,22-24,27,32-34,46-49H,14-17H2,1-9H3,(H,43,53)/b11-10+,18-13+,21-12+,42-19?/t20-,22+,23+,24-,27-,32-,33+,34+,41-/m0/s1. The number of methoxy groups -OCH3 is 1. The molecule has 304 valence electrons. The SMILES string of the molecule is CO[C@H]1/C=C/O[C@@]2(C)Oc3c(C)c(O)c4c(c3C2=O)C(=O)C(C=NN2CCN(C)CC2)=C(NC(=O)/C(C)=C/C=C/[C@H](C)[C@H](O)[C@@H](C)[C@@H](O)[C@@H](C)[C@H](O)[C@@H]1C)C4=O. The van der Waals surface area contributed by atoms with E-state index in [4.69, 9.17) is 14.2 Å². The average Bonchev–Trinajstić information content (AvgIpc) is 3.44. The highest BCUT2D eigenvalue weighted by Gasteiger charge is 2.52. The van der Waals surface area contributed by atoms with E-state index in [1.165, 1.54) is 52.5 Å². The number of rotatable bonds is 3. The summed E-state index contributed by atoms with van der Waals surface area (Å²) < 4.78 is 17.6. The minimum atomic E-state index is -2.06. The monoisotopic (exact) mass is 778 g/mol. The van der Waals surface area contributed by atoms with Crippen LogP contribution in [0.2, 0.25) is 0 Å². The van der Waals surface area contributed by atoms with Gasteiger partial charge in [-0.15, -0.1) is 0 Å². The molecule has 5 aliphatic rings. The summed E-state index contributed by atoms with van der Waals surface area (Å²) in [7, 11) is 3.39. The number of amides is 1. The Labute approximate surface area is 327 Å². The normalized spacial score (nSPS) is 34.6. The Morgan fingerprint density at radius 2 is 1.52 bits per heavy atom. The number of aromatic hydroxyl groups is 1. The smallest absolute Gasteiger partial charge is 0.312 e. The number of carbonyl (C=O) groups excluding carboxylic acids is 4. The first kappa shape index (κ1) is 42.5. The van der Waals surface area contributed by atoms with Gasteiger partial charge in [-0.25, -0.2) is 0 Å². The summed E-state index contributed by atoms with van der Waals surface area (Å²) >= 11 is 0. The Bertz CT molecular complexity index is 1910. The number of phenolic OH excluding ortho intramolecular Hbond substituents is 1. The van der Waals surface area contributed by atoms with Crippen LogP contribution in [-0.2, 0) is 14.3 Å². The van der Waals surface area contributed by atoms with Crippen LogP contribution in [-0.4, -0.2) is 130 Å². The van der Waals surface area contributed by atoms with Crippen LogP contribution in [0.5, 0.6) is 11.5 Å². The van der Waals surface area contributed by atoms with E-state index in [1.807, 2.05) is 7.05 Å². The van der Waals surface area contributed by atoms with E-state index >= 15 is 0 Å². The van der Waals surface area contributed by atoms with Crippen molar-refractivity contribution in [1.29, 1.82) is 0 Å². The zero-order chi connectivity index (χ0) is 41.4. The summed E-state index contributed by atoms with van der Waals surface area (Å²) in [4.78, 5) is 59.0. The molecule has 0 spiro atoms. The van der Waals surface area contributed by atoms with Gasteiger partial charge >= 0.3 is 5.79 Å². The Kier molecular flexibility index (Phi) is 12.8. The third-order valence-corrected chi connectivity index (χ3v) is 11.6. The zero-order valence-corrected chi connectivity index (χ0v) is 33.4. The first-order valence-electron chi connectivity index (χ1n) is 18.9. The molecule has 1 aromatic carbocycles. The Hall–Kier alpha value is -4.67. The van der Waals surface area contributed by atoms with Crippen LogP contribution in [0, 0.1) is 30.6 Å². The topological polar surface area (TPSA) is 208 Å². The lowest BCUT2D eigenvalue weighted by Crippen LogP contribution is -2.45. The highest BCUT2D eigenvalue weighted by molar-refractivity contribution is 6.37. The Morgan fingerprint density at radius 3 is 2.16 bits per heavy atom. The van der Waals surface area contributed by atoms with Crippen LogP contribution in [0.3, 0.4) is 0 Å². The molecular weight excluding hydrogens is 724 g/mol. The van der Waals surface area contributed by atoms with E-state index < -0.39 is 99.7 Å². The molecule has 4 heterocycles. The fourth-order valence-corrected chi connectivity index (χ4v) is 7.50. The number of aliphatic hydroxyl groups excluding tert-OH is 3. The first-order valence-corrected chi connectivity index (χ1v) is 18.9. The molecule has 56 heavy (non-hydrogen) atoms. The highest BCUT2D eigenvalue weighted by atomic mass is 16.7. The lowest BCUT2D eigenvalue weighted by atomic mass is 9.78. The number of allylic oxidation sites excluding steroid dienone is 4. The predicted octanol–water partition coefficient (Wildman–Crippen LogP) is 2.66. The van der Waals surface area contributed by atoms with E-state index in [0.29, 0.717) is 26.2 Å². The van der Waals surface area contributed by atoms with Gasteiger partial charge in [0.1, 0.15) is 17.2 Å². The van der Waals surface area contributed by atoms with Crippen molar-refractivity contribution in [3.8, 4) is 11.5 Å². The summed E-state index contributed by atoms with van der Waals surface area (Å²) in [6.07, 6.45) is 4.49. The number of phenols is 1. The molecule has 5 bridgehead atoms. The van der Waals surface area contributed by atoms with Crippen molar-refractivity contribution in [3.05, 3.63) is 69.7 Å². The predicted molar refractivity (Wildman–Crippen MR) is 206 cm³/mol. The number of nitrogens with one attached hydrogen (secondary N) is 1. The van der Waals surface area contributed by atoms with E-state index in [0.717, 1.165) is 0 Å². The number of aliphatic hydroxyl groups is 3. The maximum absolute atomic E-state index is 14.6. The van der Waals surface area contributed by atoms with Crippen molar-refractivity contribution in [2.45, 2.75) is 78.7 Å². The second kappa shape index (κ2) is 16.8. The molecule has 1 saturated heterocycles. The molecule has 5 N–H and O–H groups in total. The quantitative estimate of drug-likeness (QED) is 0.280. The maximum Gasteiger partial charge on any atom is 0.312 e. The van der Waals surface area contributed by atoms with Gasteiger partial charge in [-0.3, -0.25) is 24.2 Å². The van der Waals surface area contributed by atoms with Crippen molar-refractivity contribution in [2.75, 3.05) is 40.3 Å². The van der Waals surface area contributed by atoms with Crippen molar-refractivity contribution < 1.29 is 53.8 Å². The van der Waals surface area contributed by atoms with Crippen LogP contribution < -0.4 is 10.1 Å². The minimum absolute atomic E-state index is 0.00103. The number of nitrogens with zero attached hydrogens (tertiary/aromatic N) is 3. The molecule has 15 nitrogen and oxygen atoms in total. The number of piperazine rings is 1. The van der Waals surface area contributed by atoms with Crippen LogP contribution in [0.25, 0.3) is 0 Å². The van der Waals surface area contributed by atoms with Gasteiger partial charge in [-0.1, -0.05) is 45.9 Å². The number of hydrazone groups is 1. The molecular formula is C41H54N4O11. The summed E-state index contributed by atoms with van der Waals surface area (Å²) in [5.74, 6) is -8.58. The number of carbonyl (C=O) groups is 4. The molecule has 0 saturated carbocycles. The average molecular weight is 779 g/mol. The van der Waals surface area contributed by atoms with Gasteiger partial charge in [0.05, 0.1) is 59.2 Å². The van der Waals surface area contributed by atoms with Crippen LogP contribution >= 0.6 is 0 Å². The molecule has 0 unspecified atom stereocenters. The second-order valence-corrected chi connectivity index (χ2v) is 15.5. The van der Waals surface area contributed by atoms with E-state index in [1.54, 1.807) is 44.9 Å². The molecule has 1 aromatic rings. The molecule has 0 aromatic heterocycles. The molecule has 15 heteroatoms. The lowest BCUT2D eigenvalue weighted by molar-refractivity contribution is -0.116. The van der Waals surface area contributed by atoms with Gasteiger partial charge in [-0.2, -0.15) is 5.10 Å². The van der Waals surface area contributed by atoms with Gasteiger partial charge in [-0.05, 0) is 27.0 Å². The van der Waals surface area contributed by atoms with Gasteiger partial charge in [0, 0.05) is 75.0 Å². The highest BCUT2D eigenvalue weighted by Crippen LogP contribution is 2.48.